The van der Waals surface area contributed by atoms with Crippen LogP contribution in [-0.4, -0.2) is 38.2 Å². The van der Waals surface area contributed by atoms with E-state index in [2.05, 4.69) is 36.0 Å². The van der Waals surface area contributed by atoms with Crippen molar-refractivity contribution >= 4 is 43.4 Å². The second-order valence-corrected chi connectivity index (χ2v) is 8.03. The van der Waals surface area contributed by atoms with Gasteiger partial charge in [0, 0.05) is 35.9 Å². The van der Waals surface area contributed by atoms with Gasteiger partial charge >= 0.3 is 33.3 Å². The molecule has 2 N–H and O–H groups in total. The summed E-state index contributed by atoms with van der Waals surface area (Å²) in [6, 6.07) is 11.7. The first kappa shape index (κ1) is 26.1. The summed E-state index contributed by atoms with van der Waals surface area (Å²) in [4.78, 5) is 36.4. The second-order valence-electron chi connectivity index (χ2n) is 6.21. The van der Waals surface area contributed by atoms with Crippen molar-refractivity contribution < 1.29 is 22.7 Å². The molecule has 12 heteroatoms. The summed E-state index contributed by atoms with van der Waals surface area (Å²) in [5, 5.41) is 8.21. The molecule has 2 amide bonds. The van der Waals surface area contributed by atoms with Crippen LogP contribution in [0.25, 0.3) is 0 Å². The Bertz CT molecular complexity index is 1040. The van der Waals surface area contributed by atoms with Gasteiger partial charge < -0.3 is 0 Å². The Balaban J connectivity index is 0.00000122. The van der Waals surface area contributed by atoms with Crippen LogP contribution in [0.3, 0.4) is 0 Å². The van der Waals surface area contributed by atoms with Gasteiger partial charge in [-0.3, -0.25) is 19.6 Å². The monoisotopic (exact) mass is 527 g/mol. The number of carbonyl (C=O) groups is 2. The molecule has 0 saturated heterocycles. The number of rotatable bonds is 6. The fraction of sp³-hybridized carbons (Fsp3) is 0.0952. The molecule has 0 bridgehead atoms. The predicted molar refractivity (Wildman–Crippen MR) is 124 cm³/mol. The van der Waals surface area contributed by atoms with E-state index in [0.717, 1.165) is 0 Å². The number of aromatic nitrogens is 3. The summed E-state index contributed by atoms with van der Waals surface area (Å²) in [7, 11) is 9.53. The van der Waals surface area contributed by atoms with Crippen LogP contribution >= 0.6 is 20.2 Å². The Hall–Kier alpha value is -3.17. The van der Waals surface area contributed by atoms with Crippen LogP contribution in [0.4, 0.5) is 0 Å². The number of halogens is 2. The van der Waals surface area contributed by atoms with E-state index in [1.54, 1.807) is 56.3 Å². The SMILES string of the molecule is C/C(=N/NC(=O)c1ccncc1)c1cccc(/C(C)=N/NC(=O)c2ccncc2)n1.[Cl][Fe][Cl]. The van der Waals surface area contributed by atoms with Crippen LogP contribution in [0.1, 0.15) is 46.0 Å². The standard InChI is InChI=1S/C21H19N7O2.2ClH.Fe/c1-14(25-27-20(29)16-6-10-22-11-7-16)18-4-3-5-19(24-18)15(2)26-28-21(30)17-8-12-23-13-9-17;;;/h3-13H,1-2H3,(H,27,29)(H,28,30);2*1H;/q;;;+2/p-2/b25-14-,26-15+;;;. The third kappa shape index (κ3) is 8.70. The number of hydrazone groups is 2. The van der Waals surface area contributed by atoms with E-state index in [1.807, 2.05) is 0 Å². The summed E-state index contributed by atoms with van der Waals surface area (Å²) >= 11 is 0.194. The van der Waals surface area contributed by atoms with Gasteiger partial charge in [0.2, 0.25) is 0 Å². The maximum atomic E-state index is 12.1. The van der Waals surface area contributed by atoms with Crippen LogP contribution in [0.5, 0.6) is 0 Å². The van der Waals surface area contributed by atoms with Crippen molar-refractivity contribution in [2.45, 2.75) is 13.8 Å². The minimum absolute atomic E-state index is 0.194. The van der Waals surface area contributed by atoms with E-state index < -0.39 is 0 Å². The first-order chi connectivity index (χ1) is 16.0. The van der Waals surface area contributed by atoms with Crippen molar-refractivity contribution in [3.05, 3.63) is 89.8 Å². The molecule has 0 spiro atoms. The molecule has 33 heavy (non-hydrogen) atoms. The molecule has 3 rings (SSSR count). The third-order valence-corrected chi connectivity index (χ3v) is 4.03. The fourth-order valence-corrected chi connectivity index (χ4v) is 2.36. The first-order valence-corrected chi connectivity index (χ1v) is 12.3. The molecule has 0 aromatic carbocycles. The number of amides is 2. The molecule has 0 fully saturated rings. The van der Waals surface area contributed by atoms with Crippen LogP contribution in [0.15, 0.2) is 77.5 Å². The number of hydrogen-bond donors (Lipinski definition) is 2. The Morgan fingerprint density at radius 2 is 1.12 bits per heavy atom. The van der Waals surface area contributed by atoms with Gasteiger partial charge in [-0.2, -0.15) is 10.2 Å². The van der Waals surface area contributed by atoms with Gasteiger partial charge in [0.15, 0.2) is 0 Å². The molecule has 0 saturated carbocycles. The third-order valence-electron chi connectivity index (χ3n) is 4.03. The molecule has 172 valence electrons. The summed E-state index contributed by atoms with van der Waals surface area (Å²) in [5.74, 6) is -0.686. The molecular formula is C21H19Cl2FeN7O2. The van der Waals surface area contributed by atoms with Gasteiger partial charge in [-0.1, -0.05) is 6.07 Å². The normalized spacial score (nSPS) is 11.3. The molecule has 0 atom stereocenters. The summed E-state index contributed by atoms with van der Waals surface area (Å²) in [5.41, 5.74) is 8.07. The van der Waals surface area contributed by atoms with E-state index in [1.165, 1.54) is 24.8 Å². The van der Waals surface area contributed by atoms with E-state index >= 15 is 0 Å². The Morgan fingerprint density at radius 3 is 1.48 bits per heavy atom. The zero-order valence-electron chi connectivity index (χ0n) is 17.5. The van der Waals surface area contributed by atoms with Crippen LogP contribution in [0.2, 0.25) is 0 Å². The summed E-state index contributed by atoms with van der Waals surface area (Å²) in [6.45, 7) is 3.47. The fourth-order valence-electron chi connectivity index (χ4n) is 2.36. The Kier molecular flexibility index (Phi) is 11.1. The molecule has 0 radical (unpaired) electrons. The molecule has 0 aliphatic carbocycles. The molecular weight excluding hydrogens is 509 g/mol. The van der Waals surface area contributed by atoms with E-state index in [0.29, 0.717) is 33.9 Å². The van der Waals surface area contributed by atoms with Gasteiger partial charge in [0.25, 0.3) is 11.8 Å². The average molecular weight is 528 g/mol. The van der Waals surface area contributed by atoms with Gasteiger partial charge in [0.05, 0.1) is 22.8 Å². The molecule has 9 nitrogen and oxygen atoms in total. The molecule has 0 aliphatic rings. The number of nitrogens with zero attached hydrogens (tertiary/aromatic N) is 5. The van der Waals surface area contributed by atoms with Crippen molar-refractivity contribution in [2.75, 3.05) is 0 Å². The Morgan fingerprint density at radius 1 is 0.758 bits per heavy atom. The summed E-state index contributed by atoms with van der Waals surface area (Å²) in [6.07, 6.45) is 6.14. The topological polar surface area (TPSA) is 122 Å². The van der Waals surface area contributed by atoms with Crippen LogP contribution in [-0.2, 0) is 13.1 Å². The van der Waals surface area contributed by atoms with Crippen molar-refractivity contribution in [2.24, 2.45) is 10.2 Å². The van der Waals surface area contributed by atoms with Crippen LogP contribution < -0.4 is 10.9 Å². The van der Waals surface area contributed by atoms with Gasteiger partial charge in [-0.05, 0) is 50.2 Å². The number of carbonyl (C=O) groups excluding carboxylic acids is 2. The van der Waals surface area contributed by atoms with Gasteiger partial charge in [-0.15, -0.1) is 0 Å². The van der Waals surface area contributed by atoms with Crippen molar-refractivity contribution in [1.29, 1.82) is 0 Å². The molecule has 0 aliphatic heterocycles. The molecule has 3 heterocycles. The zero-order valence-corrected chi connectivity index (χ0v) is 20.1. The van der Waals surface area contributed by atoms with Gasteiger partial charge in [0.1, 0.15) is 0 Å². The quantitative estimate of drug-likeness (QED) is 0.288. The van der Waals surface area contributed by atoms with Gasteiger partial charge in [-0.25, -0.2) is 15.8 Å². The molecule has 3 aromatic heterocycles. The zero-order chi connectivity index (χ0) is 24.1. The minimum atomic E-state index is -0.343. The van der Waals surface area contributed by atoms with Crippen LogP contribution in [0, 0.1) is 0 Å². The average Bonchev–Trinajstić information content (AvgIpc) is 2.87. The Labute approximate surface area is 205 Å². The van der Waals surface area contributed by atoms with E-state index in [-0.39, 0.29) is 24.9 Å². The van der Waals surface area contributed by atoms with E-state index in [4.69, 9.17) is 20.2 Å². The number of hydrogen-bond acceptors (Lipinski definition) is 7. The first-order valence-electron chi connectivity index (χ1n) is 9.28. The molecule has 3 aromatic rings. The van der Waals surface area contributed by atoms with Crippen molar-refractivity contribution in [1.82, 2.24) is 25.8 Å². The predicted octanol–water partition coefficient (Wildman–Crippen LogP) is 3.56. The summed E-state index contributed by atoms with van der Waals surface area (Å²) < 4.78 is 0. The molecule has 0 unspecified atom stereocenters. The van der Waals surface area contributed by atoms with Crippen molar-refractivity contribution in [3.8, 4) is 0 Å². The van der Waals surface area contributed by atoms with Crippen molar-refractivity contribution in [3.63, 3.8) is 0 Å². The number of pyridine rings is 3. The second kappa shape index (κ2) is 14.1. The van der Waals surface area contributed by atoms with E-state index in [9.17, 15) is 9.59 Å². The number of nitrogens with one attached hydrogen (secondary N) is 2. The maximum absolute atomic E-state index is 12.1.